The summed E-state index contributed by atoms with van der Waals surface area (Å²) in [5, 5.41) is 2.08. The van der Waals surface area contributed by atoms with Gasteiger partial charge in [-0.15, -0.1) is 0 Å². The maximum absolute atomic E-state index is 6.59. The second kappa shape index (κ2) is 13.4. The lowest BCUT2D eigenvalue weighted by atomic mass is 9.66. The molecule has 4 nitrogen and oxygen atoms in total. The standard InChI is InChI=1S/C58H35N3O/c1-2-17-36(18-3-1)38-19-4-7-26-46(38)56-59-55(60-57(61-56)47-28-16-27-45-44-25-11-15-32-53(44)62-54(45)47)37-33-34-52-48(35-37)40-21-6-5-20-39(40)41-22-8-12-29-49(41)58(52)50-30-13-9-23-42(50)43-24-10-14-31-51(43)58/h1-35H. The molecule has 0 unspecified atom stereocenters. The van der Waals surface area contributed by atoms with Gasteiger partial charge in [-0.1, -0.05) is 194 Å². The lowest BCUT2D eigenvalue weighted by Crippen LogP contribution is -2.29. The van der Waals surface area contributed by atoms with Gasteiger partial charge in [0.2, 0.25) is 0 Å². The molecular formula is C58H35N3O. The molecule has 0 saturated carbocycles. The summed E-state index contributed by atoms with van der Waals surface area (Å²) in [6, 6.07) is 75.8. The van der Waals surface area contributed by atoms with E-state index in [0.717, 1.165) is 55.3 Å². The summed E-state index contributed by atoms with van der Waals surface area (Å²) in [4.78, 5) is 16.1. The van der Waals surface area contributed by atoms with Crippen molar-refractivity contribution < 1.29 is 4.42 Å². The van der Waals surface area contributed by atoms with Crippen LogP contribution in [0.15, 0.2) is 217 Å². The Balaban J connectivity index is 1.10. The number of aromatic nitrogens is 3. The molecule has 288 valence electrons. The van der Waals surface area contributed by atoms with Crippen LogP contribution < -0.4 is 0 Å². The molecule has 0 radical (unpaired) electrons. The van der Waals surface area contributed by atoms with Gasteiger partial charge in [0.05, 0.1) is 11.0 Å². The van der Waals surface area contributed by atoms with Gasteiger partial charge in [-0.05, 0) is 85.0 Å². The molecule has 0 amide bonds. The predicted octanol–water partition coefficient (Wildman–Crippen LogP) is 14.4. The Labute approximate surface area is 358 Å². The number of hydrogen-bond acceptors (Lipinski definition) is 4. The van der Waals surface area contributed by atoms with Gasteiger partial charge >= 0.3 is 0 Å². The highest BCUT2D eigenvalue weighted by atomic mass is 16.3. The SMILES string of the molecule is c1ccc(-c2ccccc2-c2nc(-c3ccc4c(c3)-c3ccccc3-c3ccccc3C43c4ccccc4-c4ccccc43)nc(-c3cccc4c3oc3ccccc34)n2)cc1. The summed E-state index contributed by atoms with van der Waals surface area (Å²) >= 11 is 0. The van der Waals surface area contributed by atoms with E-state index in [1.54, 1.807) is 0 Å². The average molecular weight is 790 g/mol. The first-order chi connectivity index (χ1) is 30.8. The smallest absolute Gasteiger partial charge is 0.167 e. The highest BCUT2D eigenvalue weighted by Gasteiger charge is 2.49. The Morgan fingerprint density at radius 1 is 0.290 bits per heavy atom. The van der Waals surface area contributed by atoms with Gasteiger partial charge in [-0.3, -0.25) is 0 Å². The van der Waals surface area contributed by atoms with Crippen molar-refractivity contribution in [1.29, 1.82) is 0 Å². The summed E-state index contributed by atoms with van der Waals surface area (Å²) in [7, 11) is 0. The van der Waals surface area contributed by atoms with Crippen LogP contribution in [0.1, 0.15) is 22.3 Å². The van der Waals surface area contributed by atoms with Crippen LogP contribution in [-0.2, 0) is 5.41 Å². The normalized spacial score (nSPS) is 13.0. The van der Waals surface area contributed by atoms with E-state index in [1.165, 1.54) is 50.1 Å². The Morgan fingerprint density at radius 3 is 1.45 bits per heavy atom. The van der Waals surface area contributed by atoms with Crippen LogP contribution in [0.3, 0.4) is 0 Å². The minimum Gasteiger partial charge on any atom is -0.455 e. The second-order valence-corrected chi connectivity index (χ2v) is 16.2. The molecular weight excluding hydrogens is 755 g/mol. The molecule has 2 aromatic heterocycles. The fourth-order valence-electron chi connectivity index (χ4n) is 10.4. The van der Waals surface area contributed by atoms with Crippen molar-refractivity contribution in [2.75, 3.05) is 0 Å². The molecule has 13 rings (SSSR count). The third-order valence-electron chi connectivity index (χ3n) is 13.0. The van der Waals surface area contributed by atoms with Gasteiger partial charge in [-0.2, -0.15) is 0 Å². The largest absolute Gasteiger partial charge is 0.455 e. The molecule has 1 spiro atoms. The van der Waals surface area contributed by atoms with E-state index < -0.39 is 5.41 Å². The third-order valence-corrected chi connectivity index (χ3v) is 13.0. The van der Waals surface area contributed by atoms with E-state index in [4.69, 9.17) is 19.4 Å². The number of fused-ring (bicyclic) bond motifs is 15. The van der Waals surface area contributed by atoms with Crippen molar-refractivity contribution in [2.45, 2.75) is 5.41 Å². The van der Waals surface area contributed by atoms with Crippen LogP contribution in [0.25, 0.3) is 101 Å². The minimum absolute atomic E-state index is 0.551. The van der Waals surface area contributed by atoms with Crippen molar-refractivity contribution in [2.24, 2.45) is 0 Å². The van der Waals surface area contributed by atoms with Gasteiger partial charge in [0.15, 0.2) is 17.5 Å². The number of benzene rings is 9. The molecule has 2 aliphatic rings. The number of rotatable bonds is 4. The van der Waals surface area contributed by atoms with Crippen molar-refractivity contribution in [3.8, 4) is 78.7 Å². The number of hydrogen-bond donors (Lipinski definition) is 0. The van der Waals surface area contributed by atoms with Crippen LogP contribution in [0.2, 0.25) is 0 Å². The first-order valence-electron chi connectivity index (χ1n) is 21.1. The number of nitrogens with zero attached hydrogens (tertiary/aromatic N) is 3. The first kappa shape index (κ1) is 34.6. The zero-order chi connectivity index (χ0) is 40.8. The monoisotopic (exact) mass is 789 g/mol. The Kier molecular flexibility index (Phi) is 7.49. The van der Waals surface area contributed by atoms with Crippen LogP contribution in [-0.4, -0.2) is 15.0 Å². The molecule has 0 fully saturated rings. The van der Waals surface area contributed by atoms with Crippen LogP contribution in [0, 0.1) is 0 Å². The molecule has 4 heteroatoms. The number of para-hydroxylation sites is 2. The zero-order valence-electron chi connectivity index (χ0n) is 33.5. The fraction of sp³-hybridized carbons (Fsp3) is 0.0172. The summed E-state index contributed by atoms with van der Waals surface area (Å²) < 4.78 is 6.59. The van der Waals surface area contributed by atoms with Gasteiger partial charge in [0.25, 0.3) is 0 Å². The second-order valence-electron chi connectivity index (χ2n) is 16.2. The van der Waals surface area contributed by atoms with E-state index in [0.29, 0.717) is 17.5 Å². The van der Waals surface area contributed by atoms with E-state index >= 15 is 0 Å². The molecule has 0 saturated heterocycles. The van der Waals surface area contributed by atoms with E-state index in [-0.39, 0.29) is 0 Å². The van der Waals surface area contributed by atoms with Crippen LogP contribution in [0.5, 0.6) is 0 Å². The van der Waals surface area contributed by atoms with Gasteiger partial charge in [-0.25, -0.2) is 15.0 Å². The molecule has 2 heterocycles. The fourth-order valence-corrected chi connectivity index (χ4v) is 10.4. The van der Waals surface area contributed by atoms with Gasteiger partial charge in [0.1, 0.15) is 11.2 Å². The molecule has 2 aliphatic carbocycles. The van der Waals surface area contributed by atoms with Crippen LogP contribution >= 0.6 is 0 Å². The zero-order valence-corrected chi connectivity index (χ0v) is 33.5. The van der Waals surface area contributed by atoms with Crippen molar-refractivity contribution >= 4 is 21.9 Å². The summed E-state index contributed by atoms with van der Waals surface area (Å²) in [5.74, 6) is 1.73. The van der Waals surface area contributed by atoms with Crippen molar-refractivity contribution in [1.82, 2.24) is 15.0 Å². The quantitative estimate of drug-likeness (QED) is 0.178. The Bertz CT molecular complexity index is 3560. The first-order valence-corrected chi connectivity index (χ1v) is 21.1. The van der Waals surface area contributed by atoms with E-state index in [9.17, 15) is 0 Å². The molecule has 0 atom stereocenters. The average Bonchev–Trinajstić information content (AvgIpc) is 3.85. The molecule has 9 aromatic carbocycles. The molecule has 62 heavy (non-hydrogen) atoms. The topological polar surface area (TPSA) is 51.8 Å². The third kappa shape index (κ3) is 4.92. The highest BCUT2D eigenvalue weighted by molar-refractivity contribution is 6.09. The van der Waals surface area contributed by atoms with Gasteiger partial charge in [0, 0.05) is 21.9 Å². The highest BCUT2D eigenvalue weighted by Crippen LogP contribution is 2.61. The van der Waals surface area contributed by atoms with Crippen molar-refractivity contribution in [3.05, 3.63) is 235 Å². The van der Waals surface area contributed by atoms with Gasteiger partial charge < -0.3 is 4.42 Å². The maximum Gasteiger partial charge on any atom is 0.167 e. The summed E-state index contributed by atoms with van der Waals surface area (Å²) in [6.07, 6.45) is 0. The van der Waals surface area contributed by atoms with Crippen molar-refractivity contribution in [3.63, 3.8) is 0 Å². The minimum atomic E-state index is -0.572. The Morgan fingerprint density at radius 2 is 0.758 bits per heavy atom. The Hall–Kier alpha value is -8.21. The molecule has 0 N–H and O–H groups in total. The molecule has 0 aliphatic heterocycles. The lowest BCUT2D eigenvalue weighted by molar-refractivity contribution is 0.669. The number of furan rings is 1. The summed E-state index contributed by atoms with van der Waals surface area (Å²) in [5.41, 5.74) is 18.2. The predicted molar refractivity (Wildman–Crippen MR) is 251 cm³/mol. The molecule has 0 bridgehead atoms. The lowest BCUT2D eigenvalue weighted by Gasteiger charge is -2.35. The van der Waals surface area contributed by atoms with Crippen LogP contribution in [0.4, 0.5) is 0 Å². The maximum atomic E-state index is 6.59. The molecule has 11 aromatic rings. The van der Waals surface area contributed by atoms with E-state index in [2.05, 4.69) is 188 Å². The summed E-state index contributed by atoms with van der Waals surface area (Å²) in [6.45, 7) is 0. The van der Waals surface area contributed by atoms with E-state index in [1.807, 2.05) is 24.3 Å².